The largest absolute Gasteiger partial charge is 0.491 e. The number of hydrogen-bond acceptors (Lipinski definition) is 3. The topological polar surface area (TPSA) is 38.7 Å². The van der Waals surface area contributed by atoms with Crippen LogP contribution in [0.25, 0.3) is 0 Å². The van der Waals surface area contributed by atoms with Gasteiger partial charge in [-0.2, -0.15) is 0 Å². The van der Waals surface area contributed by atoms with Crippen LogP contribution in [-0.4, -0.2) is 24.9 Å². The van der Waals surface area contributed by atoms with Crippen LogP contribution in [0, 0.1) is 0 Å². The van der Waals surface area contributed by atoms with Gasteiger partial charge in [0.25, 0.3) is 0 Å². The maximum absolute atomic E-state index is 9.10. The van der Waals surface area contributed by atoms with Crippen molar-refractivity contribution in [3.8, 4) is 5.75 Å². The summed E-state index contributed by atoms with van der Waals surface area (Å²) < 4.78 is 11.8. The van der Waals surface area contributed by atoms with Gasteiger partial charge < -0.3 is 14.6 Å². The highest BCUT2D eigenvalue weighted by molar-refractivity contribution is 9.10. The second-order valence-electron chi connectivity index (χ2n) is 3.73. The fourth-order valence-electron chi connectivity index (χ4n) is 1.33. The van der Waals surface area contributed by atoms with Crippen molar-refractivity contribution in [2.45, 2.75) is 26.4 Å². The van der Waals surface area contributed by atoms with Gasteiger partial charge >= 0.3 is 0 Å². The quantitative estimate of drug-likeness (QED) is 0.750. The highest BCUT2D eigenvalue weighted by Gasteiger charge is 2.01. The van der Waals surface area contributed by atoms with E-state index in [0.29, 0.717) is 13.2 Å². The molecule has 0 saturated heterocycles. The fourth-order valence-corrected chi connectivity index (χ4v) is 1.70. The van der Waals surface area contributed by atoms with Gasteiger partial charge in [0.15, 0.2) is 0 Å². The van der Waals surface area contributed by atoms with E-state index in [9.17, 15) is 0 Å². The molecule has 0 amide bonds. The normalized spacial score (nSPS) is 10.5. The molecule has 0 aliphatic carbocycles. The number of halogens is 1. The molecular weight excluding hydrogens is 284 g/mol. The third-order valence-corrected chi connectivity index (χ3v) is 3.10. The van der Waals surface area contributed by atoms with Crippen LogP contribution in [0.4, 0.5) is 0 Å². The molecule has 0 spiro atoms. The zero-order chi connectivity index (χ0) is 12.5. The van der Waals surface area contributed by atoms with Crippen LogP contribution in [-0.2, 0) is 11.3 Å². The Morgan fingerprint density at radius 1 is 1.24 bits per heavy atom. The number of unbranched alkanes of at least 4 members (excludes halogenated alkanes) is 1. The van der Waals surface area contributed by atoms with Crippen molar-refractivity contribution in [1.82, 2.24) is 0 Å². The first-order valence-electron chi connectivity index (χ1n) is 5.87. The monoisotopic (exact) mass is 302 g/mol. The standard InChI is InChI=1S/C13H19BrO3/c1-2-3-6-16-7-8-17-12-4-5-13(14)11(9-12)10-15/h4-5,9,15H,2-3,6-8,10H2,1H3. The zero-order valence-corrected chi connectivity index (χ0v) is 11.7. The highest BCUT2D eigenvalue weighted by Crippen LogP contribution is 2.22. The van der Waals surface area contributed by atoms with E-state index in [1.54, 1.807) is 0 Å². The predicted octanol–water partition coefficient (Wildman–Crippen LogP) is 3.14. The van der Waals surface area contributed by atoms with Crippen LogP contribution >= 0.6 is 15.9 Å². The summed E-state index contributed by atoms with van der Waals surface area (Å²) in [7, 11) is 0. The molecule has 1 N–H and O–H groups in total. The van der Waals surface area contributed by atoms with Crippen molar-refractivity contribution in [1.29, 1.82) is 0 Å². The Labute approximate surface area is 111 Å². The van der Waals surface area contributed by atoms with E-state index in [1.165, 1.54) is 0 Å². The third-order valence-electron chi connectivity index (χ3n) is 2.33. The lowest BCUT2D eigenvalue weighted by molar-refractivity contribution is 0.0980. The highest BCUT2D eigenvalue weighted by atomic mass is 79.9. The van der Waals surface area contributed by atoms with Crippen LogP contribution in [0.3, 0.4) is 0 Å². The lowest BCUT2D eigenvalue weighted by Gasteiger charge is -2.09. The first kappa shape index (κ1) is 14.5. The SMILES string of the molecule is CCCCOCCOc1ccc(Br)c(CO)c1. The molecule has 0 aliphatic rings. The molecule has 0 radical (unpaired) electrons. The summed E-state index contributed by atoms with van der Waals surface area (Å²) >= 11 is 3.36. The van der Waals surface area contributed by atoms with Crippen LogP contribution in [0.1, 0.15) is 25.3 Å². The molecule has 0 fully saturated rings. The molecule has 96 valence electrons. The molecule has 1 aromatic rings. The molecule has 0 atom stereocenters. The first-order chi connectivity index (χ1) is 8.27. The van der Waals surface area contributed by atoms with Gasteiger partial charge in [-0.25, -0.2) is 0 Å². The molecule has 1 rings (SSSR count). The van der Waals surface area contributed by atoms with Crippen LogP contribution in [0.15, 0.2) is 22.7 Å². The third kappa shape index (κ3) is 5.52. The fraction of sp³-hybridized carbons (Fsp3) is 0.538. The predicted molar refractivity (Wildman–Crippen MR) is 71.3 cm³/mol. The number of benzene rings is 1. The van der Waals surface area contributed by atoms with E-state index in [0.717, 1.165) is 35.2 Å². The van der Waals surface area contributed by atoms with Gasteiger partial charge in [-0.1, -0.05) is 29.3 Å². The van der Waals surface area contributed by atoms with Gasteiger partial charge in [0, 0.05) is 11.1 Å². The molecule has 3 nitrogen and oxygen atoms in total. The number of hydrogen-bond donors (Lipinski definition) is 1. The average Bonchev–Trinajstić information content (AvgIpc) is 2.35. The molecule has 1 aromatic carbocycles. The Balaban J connectivity index is 2.27. The summed E-state index contributed by atoms with van der Waals surface area (Å²) in [6.07, 6.45) is 2.24. The van der Waals surface area contributed by atoms with E-state index in [-0.39, 0.29) is 6.61 Å². The summed E-state index contributed by atoms with van der Waals surface area (Å²) in [6.45, 7) is 4.08. The minimum Gasteiger partial charge on any atom is -0.491 e. The van der Waals surface area contributed by atoms with Crippen LogP contribution < -0.4 is 4.74 Å². The Bertz CT molecular complexity index is 328. The maximum Gasteiger partial charge on any atom is 0.119 e. The van der Waals surface area contributed by atoms with Crippen molar-refractivity contribution in [3.63, 3.8) is 0 Å². The van der Waals surface area contributed by atoms with Gasteiger partial charge in [-0.3, -0.25) is 0 Å². The Morgan fingerprint density at radius 3 is 2.76 bits per heavy atom. The molecule has 0 saturated carbocycles. The van der Waals surface area contributed by atoms with Crippen LogP contribution in [0.5, 0.6) is 5.75 Å². The zero-order valence-electron chi connectivity index (χ0n) is 10.1. The number of aliphatic hydroxyl groups is 1. The number of aliphatic hydroxyl groups excluding tert-OH is 1. The molecule has 4 heteroatoms. The van der Waals surface area contributed by atoms with Gasteiger partial charge in [0.05, 0.1) is 13.2 Å². The van der Waals surface area contributed by atoms with E-state index in [2.05, 4.69) is 22.9 Å². The van der Waals surface area contributed by atoms with Gasteiger partial charge in [-0.05, 0) is 30.2 Å². The molecule has 17 heavy (non-hydrogen) atoms. The van der Waals surface area contributed by atoms with Crippen molar-refractivity contribution < 1.29 is 14.6 Å². The van der Waals surface area contributed by atoms with E-state index in [4.69, 9.17) is 14.6 Å². The van der Waals surface area contributed by atoms with Crippen molar-refractivity contribution in [3.05, 3.63) is 28.2 Å². The number of ether oxygens (including phenoxy) is 2. The van der Waals surface area contributed by atoms with Gasteiger partial charge in [0.2, 0.25) is 0 Å². The molecule has 0 heterocycles. The number of rotatable bonds is 8. The summed E-state index contributed by atoms with van der Waals surface area (Å²) in [5.41, 5.74) is 0.828. The van der Waals surface area contributed by atoms with Gasteiger partial charge in [0.1, 0.15) is 12.4 Å². The van der Waals surface area contributed by atoms with E-state index in [1.807, 2.05) is 18.2 Å². The summed E-state index contributed by atoms with van der Waals surface area (Å²) in [6, 6.07) is 5.57. The van der Waals surface area contributed by atoms with Crippen molar-refractivity contribution >= 4 is 15.9 Å². The second-order valence-corrected chi connectivity index (χ2v) is 4.58. The second kappa shape index (κ2) is 8.50. The minimum atomic E-state index is 0.00475. The maximum atomic E-state index is 9.10. The van der Waals surface area contributed by atoms with Gasteiger partial charge in [-0.15, -0.1) is 0 Å². The van der Waals surface area contributed by atoms with Crippen LogP contribution in [0.2, 0.25) is 0 Å². The lowest BCUT2D eigenvalue weighted by Crippen LogP contribution is -2.07. The average molecular weight is 303 g/mol. The Kier molecular flexibility index (Phi) is 7.24. The Morgan fingerprint density at radius 2 is 2.06 bits per heavy atom. The summed E-state index contributed by atoms with van der Waals surface area (Å²) in [5.74, 6) is 0.761. The smallest absolute Gasteiger partial charge is 0.119 e. The Hall–Kier alpha value is -0.580. The van der Waals surface area contributed by atoms with Crippen molar-refractivity contribution in [2.75, 3.05) is 19.8 Å². The first-order valence-corrected chi connectivity index (χ1v) is 6.67. The molecular formula is C13H19BrO3. The molecule has 0 bridgehead atoms. The lowest BCUT2D eigenvalue weighted by atomic mass is 10.2. The molecule has 0 aromatic heterocycles. The summed E-state index contributed by atoms with van der Waals surface area (Å²) in [5, 5.41) is 9.10. The molecule has 0 aliphatic heterocycles. The van der Waals surface area contributed by atoms with E-state index < -0.39 is 0 Å². The van der Waals surface area contributed by atoms with E-state index >= 15 is 0 Å². The molecule has 0 unspecified atom stereocenters. The minimum absolute atomic E-state index is 0.00475. The summed E-state index contributed by atoms with van der Waals surface area (Å²) in [4.78, 5) is 0. The van der Waals surface area contributed by atoms with Crippen molar-refractivity contribution in [2.24, 2.45) is 0 Å².